The van der Waals surface area contributed by atoms with Gasteiger partial charge in [-0.05, 0) is 50.5 Å². The lowest BCUT2D eigenvalue weighted by atomic mass is 9.95. The molecule has 3 rings (SSSR count). The van der Waals surface area contributed by atoms with E-state index in [0.29, 0.717) is 17.5 Å². The fourth-order valence-corrected chi connectivity index (χ4v) is 5.54. The number of nitrogens with one attached hydrogen (secondary N) is 2. The smallest absolute Gasteiger partial charge is 0.256 e. The zero-order chi connectivity index (χ0) is 22.1. The predicted octanol–water partition coefficient (Wildman–Crippen LogP) is 3.84. The molecule has 7 nitrogen and oxygen atoms in total. The summed E-state index contributed by atoms with van der Waals surface area (Å²) in [5, 5.41) is 3.44. The lowest BCUT2D eigenvalue weighted by Gasteiger charge is -2.45. The predicted molar refractivity (Wildman–Crippen MR) is 120 cm³/mol. The van der Waals surface area contributed by atoms with E-state index in [1.54, 1.807) is 0 Å². The number of benzene rings is 1. The zero-order valence-electron chi connectivity index (χ0n) is 18.1. The molecule has 1 amide bonds. The standard InChI is InChI=1S/C21H32ClN3O4S/c1-14(2)8-11-25-15-6-5-9-21(25,10-7-15)23-20(26)16-12-17(22)18(13-19(16)29-3)24-30(4,27)28/h12-15,24H,5-11H2,1-4H3,(H,23,26). The maximum Gasteiger partial charge on any atom is 0.256 e. The monoisotopic (exact) mass is 457 g/mol. The van der Waals surface area contributed by atoms with Crippen LogP contribution in [0, 0.1) is 5.92 Å². The van der Waals surface area contributed by atoms with Gasteiger partial charge in [0.25, 0.3) is 5.91 Å². The Morgan fingerprint density at radius 3 is 2.70 bits per heavy atom. The van der Waals surface area contributed by atoms with E-state index >= 15 is 0 Å². The van der Waals surface area contributed by atoms with Crippen LogP contribution in [0.2, 0.25) is 5.02 Å². The molecule has 2 heterocycles. The Balaban J connectivity index is 1.86. The number of piperidine rings is 1. The highest BCUT2D eigenvalue weighted by atomic mass is 35.5. The van der Waals surface area contributed by atoms with Crippen molar-refractivity contribution in [1.29, 1.82) is 0 Å². The molecule has 2 fully saturated rings. The molecule has 2 aliphatic heterocycles. The van der Waals surface area contributed by atoms with Gasteiger partial charge in [0.15, 0.2) is 0 Å². The van der Waals surface area contributed by atoms with Crippen LogP contribution in [-0.2, 0) is 10.0 Å². The van der Waals surface area contributed by atoms with E-state index in [9.17, 15) is 13.2 Å². The number of fused-ring (bicyclic) bond motifs is 2. The molecule has 30 heavy (non-hydrogen) atoms. The first-order valence-corrected chi connectivity index (χ1v) is 12.8. The molecule has 0 aromatic heterocycles. The fourth-order valence-electron chi connectivity index (χ4n) is 4.70. The fraction of sp³-hybridized carbons (Fsp3) is 0.667. The molecule has 2 N–H and O–H groups in total. The van der Waals surface area contributed by atoms with Gasteiger partial charge in [-0.15, -0.1) is 0 Å². The van der Waals surface area contributed by atoms with Crippen molar-refractivity contribution in [3.05, 3.63) is 22.7 Å². The van der Waals surface area contributed by atoms with Crippen LogP contribution in [0.25, 0.3) is 0 Å². The number of rotatable bonds is 8. The second-order valence-electron chi connectivity index (χ2n) is 8.85. The van der Waals surface area contributed by atoms with Crippen molar-refractivity contribution in [2.45, 2.75) is 64.1 Å². The van der Waals surface area contributed by atoms with E-state index in [-0.39, 0.29) is 28.0 Å². The summed E-state index contributed by atoms with van der Waals surface area (Å²) in [6, 6.07) is 3.43. The molecule has 0 aliphatic carbocycles. The quantitative estimate of drug-likeness (QED) is 0.619. The van der Waals surface area contributed by atoms with Gasteiger partial charge in [-0.3, -0.25) is 14.4 Å². The van der Waals surface area contributed by atoms with Gasteiger partial charge in [-0.25, -0.2) is 8.42 Å². The summed E-state index contributed by atoms with van der Waals surface area (Å²) in [6.07, 6.45) is 7.36. The summed E-state index contributed by atoms with van der Waals surface area (Å²) >= 11 is 6.27. The molecule has 1 aromatic carbocycles. The highest BCUT2D eigenvalue weighted by Gasteiger charge is 2.49. The van der Waals surface area contributed by atoms with Crippen LogP contribution in [0.3, 0.4) is 0 Å². The van der Waals surface area contributed by atoms with Gasteiger partial charge in [0.2, 0.25) is 10.0 Å². The lowest BCUT2D eigenvalue weighted by Crippen LogP contribution is -2.61. The van der Waals surface area contributed by atoms with Crippen molar-refractivity contribution < 1.29 is 17.9 Å². The Kier molecular flexibility index (Phi) is 6.89. The third-order valence-corrected chi connectivity index (χ3v) is 7.04. The summed E-state index contributed by atoms with van der Waals surface area (Å²) in [4.78, 5) is 15.8. The van der Waals surface area contributed by atoms with Crippen LogP contribution in [-0.4, -0.2) is 50.8 Å². The molecule has 9 heteroatoms. The zero-order valence-corrected chi connectivity index (χ0v) is 19.7. The largest absolute Gasteiger partial charge is 0.496 e. The van der Waals surface area contributed by atoms with E-state index in [1.165, 1.54) is 25.7 Å². The third kappa shape index (κ3) is 5.03. The van der Waals surface area contributed by atoms with Gasteiger partial charge in [-0.1, -0.05) is 25.4 Å². The molecule has 2 saturated heterocycles. The SMILES string of the molecule is COc1cc(NS(C)(=O)=O)c(Cl)cc1C(=O)NC12CCCC(CC1)N2CCC(C)C. The van der Waals surface area contributed by atoms with Crippen molar-refractivity contribution >= 4 is 33.2 Å². The van der Waals surface area contributed by atoms with E-state index < -0.39 is 10.0 Å². The molecule has 0 spiro atoms. The minimum atomic E-state index is -3.51. The van der Waals surface area contributed by atoms with Crippen LogP contribution in [0.5, 0.6) is 5.75 Å². The van der Waals surface area contributed by atoms with Gasteiger partial charge in [-0.2, -0.15) is 0 Å². The van der Waals surface area contributed by atoms with Crippen LogP contribution in [0.1, 0.15) is 62.7 Å². The maximum atomic E-state index is 13.3. The molecule has 1 aromatic rings. The number of methoxy groups -OCH3 is 1. The topological polar surface area (TPSA) is 87.7 Å². The van der Waals surface area contributed by atoms with E-state index in [4.69, 9.17) is 16.3 Å². The van der Waals surface area contributed by atoms with Gasteiger partial charge >= 0.3 is 0 Å². The molecule has 2 aliphatic rings. The first kappa shape index (κ1) is 23.2. The van der Waals surface area contributed by atoms with Gasteiger partial charge in [0, 0.05) is 18.7 Å². The summed E-state index contributed by atoms with van der Waals surface area (Å²) in [7, 11) is -2.06. The summed E-state index contributed by atoms with van der Waals surface area (Å²) in [5.74, 6) is 0.628. The molecular weight excluding hydrogens is 426 g/mol. The van der Waals surface area contributed by atoms with Crippen molar-refractivity contribution in [3.8, 4) is 5.75 Å². The van der Waals surface area contributed by atoms with Crippen LogP contribution < -0.4 is 14.8 Å². The number of carbonyl (C=O) groups is 1. The maximum absolute atomic E-state index is 13.3. The first-order valence-electron chi connectivity index (χ1n) is 10.5. The molecular formula is C21H32ClN3O4S. The number of hydrogen-bond acceptors (Lipinski definition) is 5. The highest BCUT2D eigenvalue weighted by Crippen LogP contribution is 2.43. The van der Waals surface area contributed by atoms with Crippen molar-refractivity contribution in [1.82, 2.24) is 10.2 Å². The highest BCUT2D eigenvalue weighted by molar-refractivity contribution is 7.92. The third-order valence-electron chi connectivity index (χ3n) is 6.13. The first-order chi connectivity index (χ1) is 14.0. The molecule has 168 valence electrons. The Hall–Kier alpha value is -1.51. The normalized spacial score (nSPS) is 24.1. The molecule has 2 unspecified atom stereocenters. The molecule has 0 radical (unpaired) electrons. The summed E-state index contributed by atoms with van der Waals surface area (Å²) in [6.45, 7) is 5.41. The number of hydrogen-bond donors (Lipinski definition) is 2. The lowest BCUT2D eigenvalue weighted by molar-refractivity contribution is 0.0216. The number of sulfonamides is 1. The number of halogens is 1. The van der Waals surface area contributed by atoms with Gasteiger partial charge in [0.05, 0.1) is 35.3 Å². The Morgan fingerprint density at radius 2 is 2.07 bits per heavy atom. The summed E-state index contributed by atoms with van der Waals surface area (Å²) < 4.78 is 30.9. The molecule has 0 saturated carbocycles. The van der Waals surface area contributed by atoms with Crippen molar-refractivity contribution in [2.75, 3.05) is 24.6 Å². The minimum absolute atomic E-state index is 0.147. The van der Waals surface area contributed by atoms with E-state index in [0.717, 1.165) is 44.9 Å². The van der Waals surface area contributed by atoms with E-state index in [1.807, 2.05) is 0 Å². The van der Waals surface area contributed by atoms with Crippen molar-refractivity contribution in [2.24, 2.45) is 5.92 Å². The minimum Gasteiger partial charge on any atom is -0.496 e. The summed E-state index contributed by atoms with van der Waals surface area (Å²) in [5.41, 5.74) is 0.146. The number of ether oxygens (including phenoxy) is 1. The van der Waals surface area contributed by atoms with Gasteiger partial charge < -0.3 is 10.1 Å². The van der Waals surface area contributed by atoms with Crippen LogP contribution in [0.15, 0.2) is 12.1 Å². The molecule has 2 bridgehead atoms. The Morgan fingerprint density at radius 1 is 1.33 bits per heavy atom. The second kappa shape index (κ2) is 8.93. The number of anilines is 1. The van der Waals surface area contributed by atoms with E-state index in [2.05, 4.69) is 28.8 Å². The Bertz CT molecular complexity index is 902. The average Bonchev–Trinajstić information content (AvgIpc) is 2.83. The van der Waals surface area contributed by atoms with Crippen LogP contribution in [0.4, 0.5) is 5.69 Å². The number of amides is 1. The number of nitrogens with zero attached hydrogens (tertiary/aromatic N) is 1. The second-order valence-corrected chi connectivity index (χ2v) is 11.0. The molecule has 2 atom stereocenters. The number of carbonyl (C=O) groups excluding carboxylic acids is 1. The van der Waals surface area contributed by atoms with Crippen LogP contribution >= 0.6 is 11.6 Å². The average molecular weight is 458 g/mol. The Labute approximate surface area is 184 Å². The van der Waals surface area contributed by atoms with Gasteiger partial charge in [0.1, 0.15) is 5.75 Å². The van der Waals surface area contributed by atoms with Crippen molar-refractivity contribution in [3.63, 3.8) is 0 Å².